The molecule has 0 spiro atoms. The quantitative estimate of drug-likeness (QED) is 0.688. The highest BCUT2D eigenvalue weighted by Crippen LogP contribution is 2.60. The molecule has 6 nitrogen and oxygen atoms in total. The van der Waals surface area contributed by atoms with Crippen LogP contribution in [0, 0.1) is 23.2 Å². The Morgan fingerprint density at radius 2 is 1.70 bits per heavy atom. The van der Waals surface area contributed by atoms with Gasteiger partial charge in [0.1, 0.15) is 5.69 Å². The Balaban J connectivity index is 1.22. The van der Waals surface area contributed by atoms with E-state index in [2.05, 4.69) is 23.7 Å². The molecule has 4 aliphatic carbocycles. The molecule has 2 heterocycles. The van der Waals surface area contributed by atoms with Gasteiger partial charge in [-0.1, -0.05) is 0 Å². The molecule has 4 bridgehead atoms. The van der Waals surface area contributed by atoms with E-state index in [9.17, 15) is 9.59 Å². The summed E-state index contributed by atoms with van der Waals surface area (Å²) in [4.78, 5) is 32.2. The molecule has 30 heavy (non-hydrogen) atoms. The lowest BCUT2D eigenvalue weighted by Gasteiger charge is -2.55. The molecule has 6 rings (SSSR count). The normalized spacial score (nSPS) is 37.3. The Labute approximate surface area is 178 Å². The van der Waals surface area contributed by atoms with Gasteiger partial charge >= 0.3 is 5.97 Å². The van der Waals surface area contributed by atoms with E-state index < -0.39 is 5.97 Å². The first kappa shape index (κ1) is 20.0. The third-order valence-electron chi connectivity index (χ3n) is 7.70. The summed E-state index contributed by atoms with van der Waals surface area (Å²) in [7, 11) is 0. The number of morpholine rings is 1. The number of nitrogens with zero attached hydrogens (tertiary/aromatic N) is 2. The van der Waals surface area contributed by atoms with Crippen LogP contribution in [0.4, 0.5) is 5.69 Å². The summed E-state index contributed by atoms with van der Waals surface area (Å²) in [5, 5.41) is 0. The maximum absolute atomic E-state index is 13.1. The predicted molar refractivity (Wildman–Crippen MR) is 112 cm³/mol. The highest BCUT2D eigenvalue weighted by molar-refractivity contribution is 5.92. The average molecular weight is 413 g/mol. The summed E-state index contributed by atoms with van der Waals surface area (Å²) in [6, 6.07) is 3.67. The van der Waals surface area contributed by atoms with Gasteiger partial charge in [0.2, 0.25) is 0 Å². The number of esters is 1. The Morgan fingerprint density at radius 1 is 1.10 bits per heavy atom. The van der Waals surface area contributed by atoms with Crippen molar-refractivity contribution >= 4 is 17.4 Å². The monoisotopic (exact) mass is 412 g/mol. The lowest BCUT2D eigenvalue weighted by molar-refractivity contribution is -0.147. The van der Waals surface area contributed by atoms with Crippen LogP contribution in [0.5, 0.6) is 0 Å². The minimum absolute atomic E-state index is 0.122. The highest BCUT2D eigenvalue weighted by Gasteiger charge is 2.54. The van der Waals surface area contributed by atoms with Gasteiger partial charge in [0.25, 0.3) is 0 Å². The standard InChI is InChI=1S/C24H32N2O4/c1-15-12-26(13-16(2)30-15)20-3-4-25-21(8-20)23(28)29-14-22(27)24-9-17-5-18(10-24)7-19(6-17)11-24/h3-4,8,15-19H,5-7,9-14H2,1-2H3. The van der Waals surface area contributed by atoms with E-state index in [0.717, 1.165) is 38.0 Å². The third kappa shape index (κ3) is 3.75. The van der Waals surface area contributed by atoms with Crippen LogP contribution in [0.1, 0.15) is 62.9 Å². The maximum Gasteiger partial charge on any atom is 0.357 e. The predicted octanol–water partition coefficient (Wildman–Crippen LogP) is 3.64. The zero-order valence-corrected chi connectivity index (χ0v) is 18.0. The van der Waals surface area contributed by atoms with Crippen molar-refractivity contribution in [1.29, 1.82) is 0 Å². The SMILES string of the molecule is CC1CN(c2ccnc(C(=O)OCC(=O)C34CC5CC(CC(C5)C3)C4)c2)CC(C)O1. The first-order chi connectivity index (χ1) is 14.4. The molecular weight excluding hydrogens is 380 g/mol. The fourth-order valence-corrected chi connectivity index (χ4v) is 6.93. The molecule has 0 radical (unpaired) electrons. The van der Waals surface area contributed by atoms with E-state index in [-0.39, 0.29) is 35.7 Å². The van der Waals surface area contributed by atoms with Gasteiger partial charge in [0.15, 0.2) is 12.4 Å². The Morgan fingerprint density at radius 3 is 2.30 bits per heavy atom. The molecule has 5 aliphatic rings. The molecule has 5 fully saturated rings. The number of rotatable bonds is 5. The molecule has 6 heteroatoms. The molecular formula is C24H32N2O4. The second-order valence-corrected chi connectivity index (χ2v) is 10.3. The van der Waals surface area contributed by atoms with Crippen molar-refractivity contribution in [2.24, 2.45) is 23.2 Å². The van der Waals surface area contributed by atoms with E-state index >= 15 is 0 Å². The van der Waals surface area contributed by atoms with Crippen molar-refractivity contribution in [3.63, 3.8) is 0 Å². The van der Waals surface area contributed by atoms with Crippen LogP contribution in [0.2, 0.25) is 0 Å². The number of hydrogen-bond donors (Lipinski definition) is 0. The number of carbonyl (C=O) groups excluding carboxylic acids is 2. The van der Waals surface area contributed by atoms with E-state index in [1.807, 2.05) is 6.07 Å². The van der Waals surface area contributed by atoms with E-state index in [4.69, 9.17) is 9.47 Å². The van der Waals surface area contributed by atoms with Crippen LogP contribution in [0.25, 0.3) is 0 Å². The molecule has 2 atom stereocenters. The molecule has 1 aromatic rings. The number of ketones is 1. The topological polar surface area (TPSA) is 68.7 Å². The summed E-state index contributed by atoms with van der Waals surface area (Å²) < 4.78 is 11.3. The lowest BCUT2D eigenvalue weighted by atomic mass is 9.48. The van der Waals surface area contributed by atoms with Gasteiger partial charge in [-0.3, -0.25) is 4.79 Å². The Bertz CT molecular complexity index is 793. The minimum Gasteiger partial charge on any atom is -0.453 e. The van der Waals surface area contributed by atoms with E-state index in [1.54, 1.807) is 12.3 Å². The molecule has 1 saturated heterocycles. The van der Waals surface area contributed by atoms with Gasteiger partial charge in [-0.2, -0.15) is 0 Å². The minimum atomic E-state index is -0.510. The van der Waals surface area contributed by atoms with Crippen molar-refractivity contribution in [2.45, 2.75) is 64.6 Å². The lowest BCUT2D eigenvalue weighted by Crippen LogP contribution is -2.51. The highest BCUT2D eigenvalue weighted by atomic mass is 16.5. The van der Waals surface area contributed by atoms with Crippen LogP contribution < -0.4 is 4.90 Å². The maximum atomic E-state index is 13.1. The molecule has 4 saturated carbocycles. The molecule has 1 aromatic heterocycles. The first-order valence-electron chi connectivity index (χ1n) is 11.5. The van der Waals surface area contributed by atoms with Crippen molar-refractivity contribution < 1.29 is 19.1 Å². The third-order valence-corrected chi connectivity index (χ3v) is 7.70. The number of anilines is 1. The molecule has 0 aromatic carbocycles. The van der Waals surface area contributed by atoms with Crippen molar-refractivity contribution in [2.75, 3.05) is 24.6 Å². The molecule has 2 unspecified atom stereocenters. The second-order valence-electron chi connectivity index (χ2n) is 10.3. The number of aromatic nitrogens is 1. The van der Waals surface area contributed by atoms with Crippen LogP contribution in [-0.2, 0) is 14.3 Å². The fourth-order valence-electron chi connectivity index (χ4n) is 6.93. The van der Waals surface area contributed by atoms with Crippen molar-refractivity contribution in [3.05, 3.63) is 24.0 Å². The van der Waals surface area contributed by atoms with Gasteiger partial charge in [0.05, 0.1) is 12.2 Å². The first-order valence-corrected chi connectivity index (χ1v) is 11.5. The summed E-state index contributed by atoms with van der Waals surface area (Å²) in [6.07, 6.45) is 8.78. The zero-order chi connectivity index (χ0) is 20.9. The van der Waals surface area contributed by atoms with Gasteiger partial charge < -0.3 is 14.4 Å². The summed E-state index contributed by atoms with van der Waals surface area (Å²) in [5.74, 6) is 1.72. The number of pyridine rings is 1. The van der Waals surface area contributed by atoms with Crippen molar-refractivity contribution in [1.82, 2.24) is 4.98 Å². The van der Waals surface area contributed by atoms with Crippen molar-refractivity contribution in [3.8, 4) is 0 Å². The molecule has 0 N–H and O–H groups in total. The molecule has 0 amide bonds. The largest absolute Gasteiger partial charge is 0.453 e. The summed E-state index contributed by atoms with van der Waals surface area (Å²) in [6.45, 7) is 5.52. The van der Waals surface area contributed by atoms with Gasteiger partial charge in [-0.15, -0.1) is 0 Å². The van der Waals surface area contributed by atoms with Gasteiger partial charge in [0, 0.05) is 30.4 Å². The van der Waals surface area contributed by atoms with Gasteiger partial charge in [-0.25, -0.2) is 9.78 Å². The summed E-state index contributed by atoms with van der Waals surface area (Å²) in [5.41, 5.74) is 0.966. The Hall–Kier alpha value is -1.95. The average Bonchev–Trinajstić information content (AvgIpc) is 2.70. The number of Topliss-reactive ketones (excluding diaryl/α,β-unsaturated/α-hetero) is 1. The Kier molecular flexibility index (Phi) is 5.08. The summed E-state index contributed by atoms with van der Waals surface area (Å²) >= 11 is 0. The number of ether oxygens (including phenoxy) is 2. The van der Waals surface area contributed by atoms with Crippen LogP contribution in [-0.4, -0.2) is 48.6 Å². The van der Waals surface area contributed by atoms with Crippen LogP contribution in [0.3, 0.4) is 0 Å². The second kappa shape index (κ2) is 7.63. The molecule has 162 valence electrons. The molecule has 1 aliphatic heterocycles. The number of hydrogen-bond acceptors (Lipinski definition) is 6. The van der Waals surface area contributed by atoms with Gasteiger partial charge in [-0.05, 0) is 82.3 Å². The zero-order valence-electron chi connectivity index (χ0n) is 18.0. The van der Waals surface area contributed by atoms with E-state index in [0.29, 0.717) is 17.8 Å². The fraction of sp³-hybridized carbons (Fsp3) is 0.708. The van der Waals surface area contributed by atoms with Crippen LogP contribution >= 0.6 is 0 Å². The van der Waals surface area contributed by atoms with E-state index in [1.165, 1.54) is 19.3 Å². The van der Waals surface area contributed by atoms with Crippen LogP contribution in [0.15, 0.2) is 18.3 Å². The number of carbonyl (C=O) groups is 2. The smallest absolute Gasteiger partial charge is 0.357 e.